The van der Waals surface area contributed by atoms with Crippen molar-refractivity contribution in [2.45, 2.75) is 6.54 Å². The molecule has 196 valence electrons. The number of anilines is 1. The molecule has 0 atom stereocenters. The van der Waals surface area contributed by atoms with Crippen molar-refractivity contribution in [2.75, 3.05) is 44.8 Å². The number of morpholine rings is 1. The molecule has 0 unspecified atom stereocenters. The maximum Gasteiger partial charge on any atom is 0.240 e. The van der Waals surface area contributed by atoms with Crippen molar-refractivity contribution >= 4 is 11.6 Å². The van der Waals surface area contributed by atoms with Crippen molar-refractivity contribution in [2.24, 2.45) is 12.2 Å². The van der Waals surface area contributed by atoms with Crippen LogP contribution in [0.25, 0.3) is 11.4 Å². The van der Waals surface area contributed by atoms with Crippen LogP contribution < -0.4 is 14.8 Å². The summed E-state index contributed by atoms with van der Waals surface area (Å²) in [5, 5.41) is 10.7. The van der Waals surface area contributed by atoms with Gasteiger partial charge >= 0.3 is 0 Å². The number of aryl methyl sites for hydroxylation is 1. The minimum atomic E-state index is 0.159. The zero-order chi connectivity index (χ0) is 26.2. The molecule has 13 nitrogen and oxygen atoms in total. The Morgan fingerprint density at radius 2 is 1.92 bits per heavy atom. The standard InChI is InChI=1S/C25H28N10O3/c1-34-17-21(15-31-34)38-22-16-30-25(33-26)24(32-22)27-12-18-3-2-4-19(11-18)23-28-13-20(14-29-23)37-10-7-35-5-8-36-9-6-35/h2-4,11,13-17,26H,5-10,12H2,1H3,(H,27,32). The Hall–Kier alpha value is -4.49. The number of benzene rings is 1. The van der Waals surface area contributed by atoms with Crippen LogP contribution in [-0.4, -0.2) is 74.1 Å². The summed E-state index contributed by atoms with van der Waals surface area (Å²) >= 11 is 0. The van der Waals surface area contributed by atoms with Gasteiger partial charge < -0.3 is 19.5 Å². The van der Waals surface area contributed by atoms with E-state index in [2.05, 4.69) is 40.4 Å². The quantitative estimate of drug-likeness (QED) is 0.284. The van der Waals surface area contributed by atoms with Crippen LogP contribution in [0.2, 0.25) is 0 Å². The van der Waals surface area contributed by atoms with E-state index < -0.39 is 0 Å². The fourth-order valence-corrected chi connectivity index (χ4v) is 3.85. The molecule has 1 aliphatic rings. The number of aromatic nitrogens is 6. The first-order valence-corrected chi connectivity index (χ1v) is 12.2. The van der Waals surface area contributed by atoms with Crippen LogP contribution in [0.15, 0.2) is 60.4 Å². The van der Waals surface area contributed by atoms with E-state index in [0.29, 0.717) is 36.3 Å². The maximum atomic E-state index is 7.41. The highest BCUT2D eigenvalue weighted by Crippen LogP contribution is 2.26. The zero-order valence-corrected chi connectivity index (χ0v) is 20.9. The topological polar surface area (TPSA) is 149 Å². The van der Waals surface area contributed by atoms with Gasteiger partial charge in [0.15, 0.2) is 23.1 Å². The molecule has 1 saturated heterocycles. The van der Waals surface area contributed by atoms with Gasteiger partial charge in [0.2, 0.25) is 11.7 Å². The molecule has 1 fully saturated rings. The zero-order valence-electron chi connectivity index (χ0n) is 20.9. The highest BCUT2D eigenvalue weighted by atomic mass is 16.5. The van der Waals surface area contributed by atoms with E-state index in [1.54, 1.807) is 36.5 Å². The van der Waals surface area contributed by atoms with Crippen LogP contribution >= 0.6 is 0 Å². The van der Waals surface area contributed by atoms with Crippen LogP contribution in [-0.2, 0) is 18.3 Å². The number of nitrogens with zero attached hydrogens (tertiary/aromatic N) is 8. The van der Waals surface area contributed by atoms with Gasteiger partial charge in [-0.1, -0.05) is 18.2 Å². The lowest BCUT2D eigenvalue weighted by Crippen LogP contribution is -2.38. The molecule has 1 aliphatic heterocycles. The fourth-order valence-electron chi connectivity index (χ4n) is 3.85. The predicted molar refractivity (Wildman–Crippen MR) is 138 cm³/mol. The van der Waals surface area contributed by atoms with Crippen molar-refractivity contribution < 1.29 is 14.2 Å². The molecule has 0 radical (unpaired) electrons. The smallest absolute Gasteiger partial charge is 0.240 e. The van der Waals surface area contributed by atoms with Gasteiger partial charge in [-0.2, -0.15) is 10.1 Å². The molecule has 0 spiro atoms. The molecule has 0 bridgehead atoms. The monoisotopic (exact) mass is 516 g/mol. The molecule has 2 N–H and O–H groups in total. The second-order valence-corrected chi connectivity index (χ2v) is 8.54. The number of nitrogens with one attached hydrogen (secondary N) is 2. The first-order chi connectivity index (χ1) is 18.7. The van der Waals surface area contributed by atoms with Crippen LogP contribution in [0, 0.1) is 5.53 Å². The molecule has 0 amide bonds. The van der Waals surface area contributed by atoms with Crippen molar-refractivity contribution in [3.8, 4) is 28.8 Å². The van der Waals surface area contributed by atoms with Crippen LogP contribution in [0.4, 0.5) is 11.6 Å². The Morgan fingerprint density at radius 3 is 2.68 bits per heavy atom. The van der Waals surface area contributed by atoms with E-state index in [1.165, 1.54) is 6.20 Å². The van der Waals surface area contributed by atoms with E-state index in [9.17, 15) is 0 Å². The third kappa shape index (κ3) is 6.63. The van der Waals surface area contributed by atoms with Gasteiger partial charge in [0, 0.05) is 38.8 Å². The van der Waals surface area contributed by atoms with E-state index >= 15 is 0 Å². The average molecular weight is 517 g/mol. The molecular formula is C25H28N10O3. The Balaban J connectivity index is 1.19. The van der Waals surface area contributed by atoms with E-state index in [-0.39, 0.29) is 11.7 Å². The van der Waals surface area contributed by atoms with Crippen LogP contribution in [0.3, 0.4) is 0 Å². The van der Waals surface area contributed by atoms with Gasteiger partial charge in [-0.25, -0.2) is 20.5 Å². The maximum absolute atomic E-state index is 7.41. The van der Waals surface area contributed by atoms with Crippen LogP contribution in [0.1, 0.15) is 5.56 Å². The van der Waals surface area contributed by atoms with Gasteiger partial charge in [0.25, 0.3) is 0 Å². The lowest BCUT2D eigenvalue weighted by Gasteiger charge is -2.26. The second kappa shape index (κ2) is 12.2. The second-order valence-electron chi connectivity index (χ2n) is 8.54. The third-order valence-corrected chi connectivity index (χ3v) is 5.79. The predicted octanol–water partition coefficient (Wildman–Crippen LogP) is 3.44. The SMILES string of the molecule is Cn1cc(Oc2cnc(N=N)c(NCc3cccc(-c4ncc(OCCN5CCOCC5)cn4)c3)n2)cn1. The Kier molecular flexibility index (Phi) is 8.06. The molecule has 4 heterocycles. The van der Waals surface area contributed by atoms with Gasteiger partial charge in [0.05, 0.1) is 44.2 Å². The molecule has 5 rings (SSSR count). The summed E-state index contributed by atoms with van der Waals surface area (Å²) < 4.78 is 18.5. The fraction of sp³-hybridized carbons (Fsp3) is 0.320. The summed E-state index contributed by atoms with van der Waals surface area (Å²) in [6.45, 7) is 5.25. The average Bonchev–Trinajstić information content (AvgIpc) is 3.37. The summed E-state index contributed by atoms with van der Waals surface area (Å²) in [4.78, 5) is 19.8. The van der Waals surface area contributed by atoms with E-state index in [1.807, 2.05) is 24.3 Å². The summed E-state index contributed by atoms with van der Waals surface area (Å²) in [5.41, 5.74) is 9.25. The first-order valence-electron chi connectivity index (χ1n) is 12.2. The van der Waals surface area contributed by atoms with Crippen molar-refractivity contribution in [3.05, 3.63) is 60.8 Å². The summed E-state index contributed by atoms with van der Waals surface area (Å²) in [6.07, 6.45) is 8.10. The molecule has 13 heteroatoms. The Bertz CT molecular complexity index is 1360. The lowest BCUT2D eigenvalue weighted by atomic mass is 10.1. The minimum Gasteiger partial charge on any atom is -0.489 e. The highest BCUT2D eigenvalue weighted by molar-refractivity contribution is 5.58. The third-order valence-electron chi connectivity index (χ3n) is 5.79. The van der Waals surface area contributed by atoms with Crippen molar-refractivity contribution in [1.29, 1.82) is 5.53 Å². The van der Waals surface area contributed by atoms with Gasteiger partial charge in [-0.15, -0.1) is 5.11 Å². The number of hydrogen-bond acceptors (Lipinski definition) is 12. The molecule has 4 aromatic rings. The molecule has 0 aliphatic carbocycles. The number of rotatable bonds is 11. The van der Waals surface area contributed by atoms with Crippen LogP contribution in [0.5, 0.6) is 17.4 Å². The first kappa shape index (κ1) is 25.2. The molecular weight excluding hydrogens is 488 g/mol. The molecule has 0 saturated carbocycles. The molecule has 1 aromatic carbocycles. The van der Waals surface area contributed by atoms with Gasteiger partial charge in [-0.3, -0.25) is 9.58 Å². The van der Waals surface area contributed by atoms with E-state index in [4.69, 9.17) is 19.7 Å². The highest BCUT2D eigenvalue weighted by Gasteiger charge is 2.12. The summed E-state index contributed by atoms with van der Waals surface area (Å²) in [7, 11) is 1.79. The number of hydrogen-bond donors (Lipinski definition) is 2. The lowest BCUT2D eigenvalue weighted by molar-refractivity contribution is 0.0322. The van der Waals surface area contributed by atoms with E-state index in [0.717, 1.165) is 44.0 Å². The van der Waals surface area contributed by atoms with Crippen molar-refractivity contribution in [1.82, 2.24) is 34.6 Å². The Morgan fingerprint density at radius 1 is 1.08 bits per heavy atom. The molecule has 3 aromatic heterocycles. The molecule has 38 heavy (non-hydrogen) atoms. The van der Waals surface area contributed by atoms with Gasteiger partial charge in [-0.05, 0) is 11.6 Å². The summed E-state index contributed by atoms with van der Waals surface area (Å²) in [5.74, 6) is 2.53. The number of ether oxygens (including phenoxy) is 3. The normalized spacial score (nSPS) is 13.7. The largest absolute Gasteiger partial charge is 0.489 e. The van der Waals surface area contributed by atoms with Crippen molar-refractivity contribution in [3.63, 3.8) is 0 Å². The minimum absolute atomic E-state index is 0.159. The summed E-state index contributed by atoms with van der Waals surface area (Å²) in [6, 6.07) is 7.85. The Labute approximate surface area is 219 Å². The van der Waals surface area contributed by atoms with Gasteiger partial charge in [0.1, 0.15) is 6.61 Å².